The van der Waals surface area contributed by atoms with Crippen LogP contribution in [0.25, 0.3) is 0 Å². The first kappa shape index (κ1) is 7.92. The fourth-order valence-electron chi connectivity index (χ4n) is 0.294. The van der Waals surface area contributed by atoms with Gasteiger partial charge in [-0.15, -0.1) is 0 Å². The summed E-state index contributed by atoms with van der Waals surface area (Å²) in [7, 11) is 0. The lowest BCUT2D eigenvalue weighted by atomic mass is 10.1. The van der Waals surface area contributed by atoms with E-state index in [1.54, 1.807) is 6.07 Å². The molecule has 4 nitrogen and oxygen atoms in total. The zero-order chi connectivity index (χ0) is 7.44. The summed E-state index contributed by atoms with van der Waals surface area (Å²) >= 11 is 0. The standard InChI is InChI=1S/C5H8N2O2/c1-3(2-6)4(7)5(8)9/h3-4H,7H2,1H3,(H,8,9)/t3?,4-/m0/s1. The van der Waals surface area contributed by atoms with Gasteiger partial charge in [0, 0.05) is 0 Å². The summed E-state index contributed by atoms with van der Waals surface area (Å²) in [6.45, 7) is 1.47. The van der Waals surface area contributed by atoms with Crippen molar-refractivity contribution in [3.8, 4) is 6.07 Å². The highest BCUT2D eigenvalue weighted by Gasteiger charge is 2.18. The van der Waals surface area contributed by atoms with Gasteiger partial charge in [-0.3, -0.25) is 4.79 Å². The minimum absolute atomic E-state index is 0.623. The molecule has 2 atom stereocenters. The van der Waals surface area contributed by atoms with Gasteiger partial charge in [-0.2, -0.15) is 5.26 Å². The molecule has 0 aromatic carbocycles. The number of hydrogen-bond donors (Lipinski definition) is 2. The van der Waals surface area contributed by atoms with Crippen LogP contribution < -0.4 is 5.73 Å². The third kappa shape index (κ3) is 2.11. The molecule has 0 saturated heterocycles. The first-order chi connectivity index (χ1) is 4.09. The van der Waals surface area contributed by atoms with Crippen LogP contribution in [-0.2, 0) is 4.79 Å². The molecule has 0 amide bonds. The topological polar surface area (TPSA) is 87.1 Å². The lowest BCUT2D eigenvalue weighted by Crippen LogP contribution is -2.35. The monoisotopic (exact) mass is 128 g/mol. The third-order valence-electron chi connectivity index (χ3n) is 1.03. The van der Waals surface area contributed by atoms with Crippen molar-refractivity contribution >= 4 is 5.97 Å². The largest absolute Gasteiger partial charge is 0.480 e. The lowest BCUT2D eigenvalue weighted by Gasteiger charge is -2.05. The molecule has 0 aliphatic carbocycles. The van der Waals surface area contributed by atoms with Crippen LogP contribution in [-0.4, -0.2) is 17.1 Å². The van der Waals surface area contributed by atoms with Crippen LogP contribution in [0.5, 0.6) is 0 Å². The van der Waals surface area contributed by atoms with Gasteiger partial charge in [-0.25, -0.2) is 0 Å². The Kier molecular flexibility index (Phi) is 2.68. The normalized spacial score (nSPS) is 15.7. The maximum atomic E-state index is 10.0. The smallest absolute Gasteiger partial charge is 0.321 e. The molecule has 50 valence electrons. The second-order valence-corrected chi connectivity index (χ2v) is 1.78. The molecule has 1 unspecified atom stereocenters. The van der Waals surface area contributed by atoms with Crippen molar-refractivity contribution in [2.75, 3.05) is 0 Å². The third-order valence-corrected chi connectivity index (χ3v) is 1.03. The second-order valence-electron chi connectivity index (χ2n) is 1.78. The van der Waals surface area contributed by atoms with E-state index in [1.807, 2.05) is 0 Å². The second kappa shape index (κ2) is 3.05. The van der Waals surface area contributed by atoms with Gasteiger partial charge >= 0.3 is 5.97 Å². The van der Waals surface area contributed by atoms with Crippen molar-refractivity contribution in [3.05, 3.63) is 0 Å². The molecule has 0 aliphatic heterocycles. The van der Waals surface area contributed by atoms with Gasteiger partial charge in [-0.1, -0.05) is 0 Å². The van der Waals surface area contributed by atoms with Crippen LogP contribution >= 0.6 is 0 Å². The van der Waals surface area contributed by atoms with Crippen molar-refractivity contribution < 1.29 is 9.90 Å². The molecule has 9 heavy (non-hydrogen) atoms. The molecule has 0 heterocycles. The van der Waals surface area contributed by atoms with Crippen molar-refractivity contribution in [2.45, 2.75) is 13.0 Å². The summed E-state index contributed by atoms with van der Waals surface area (Å²) in [5, 5.41) is 16.4. The van der Waals surface area contributed by atoms with Crippen LogP contribution in [0.4, 0.5) is 0 Å². The van der Waals surface area contributed by atoms with Gasteiger partial charge in [0.2, 0.25) is 0 Å². The number of carboxylic acids is 1. The molecule has 3 N–H and O–H groups in total. The number of nitrogens with two attached hydrogens (primary N) is 1. The van der Waals surface area contributed by atoms with E-state index < -0.39 is 17.9 Å². The van der Waals surface area contributed by atoms with Crippen LogP contribution in [0.2, 0.25) is 0 Å². The van der Waals surface area contributed by atoms with Crippen molar-refractivity contribution in [1.29, 1.82) is 5.26 Å². The zero-order valence-electron chi connectivity index (χ0n) is 5.03. The highest BCUT2D eigenvalue weighted by Crippen LogP contribution is 1.96. The van der Waals surface area contributed by atoms with E-state index in [2.05, 4.69) is 0 Å². The Morgan fingerprint density at radius 1 is 1.89 bits per heavy atom. The van der Waals surface area contributed by atoms with E-state index in [4.69, 9.17) is 16.1 Å². The number of nitrogens with zero attached hydrogens (tertiary/aromatic N) is 1. The van der Waals surface area contributed by atoms with Crippen LogP contribution in [0.15, 0.2) is 0 Å². The van der Waals surface area contributed by atoms with Gasteiger partial charge < -0.3 is 10.8 Å². The Balaban J connectivity index is 3.91. The van der Waals surface area contributed by atoms with Gasteiger partial charge in [0.05, 0.1) is 12.0 Å². The van der Waals surface area contributed by atoms with Crippen molar-refractivity contribution in [3.63, 3.8) is 0 Å². The van der Waals surface area contributed by atoms with Crippen LogP contribution in [0, 0.1) is 17.2 Å². The highest BCUT2D eigenvalue weighted by atomic mass is 16.4. The predicted octanol–water partition coefficient (Wildman–Crippen LogP) is -0.442. The summed E-state index contributed by atoms with van der Waals surface area (Å²) in [6.07, 6.45) is 0. The van der Waals surface area contributed by atoms with E-state index >= 15 is 0 Å². The molecular weight excluding hydrogens is 120 g/mol. The average molecular weight is 128 g/mol. The van der Waals surface area contributed by atoms with Gasteiger partial charge in [0.15, 0.2) is 0 Å². The molecule has 0 saturated carbocycles. The summed E-state index contributed by atoms with van der Waals surface area (Å²) in [5.74, 6) is -1.76. The average Bonchev–Trinajstić information content (AvgIpc) is 1.84. The lowest BCUT2D eigenvalue weighted by molar-refractivity contribution is -0.139. The van der Waals surface area contributed by atoms with Crippen LogP contribution in [0.1, 0.15) is 6.92 Å². The van der Waals surface area contributed by atoms with E-state index in [1.165, 1.54) is 6.92 Å². The first-order valence-electron chi connectivity index (χ1n) is 2.47. The number of carbonyl (C=O) groups is 1. The van der Waals surface area contributed by atoms with E-state index in [9.17, 15) is 4.79 Å². The Hall–Kier alpha value is -1.08. The molecule has 0 spiro atoms. The summed E-state index contributed by atoms with van der Waals surface area (Å²) in [6, 6.07) is 0.680. The SMILES string of the molecule is CC(C#N)[C@H](N)C(=O)O. The Morgan fingerprint density at radius 2 is 2.33 bits per heavy atom. The van der Waals surface area contributed by atoms with E-state index in [0.717, 1.165) is 0 Å². The van der Waals surface area contributed by atoms with Crippen LogP contribution in [0.3, 0.4) is 0 Å². The Labute approximate surface area is 52.9 Å². The highest BCUT2D eigenvalue weighted by molar-refractivity contribution is 5.73. The molecule has 0 fully saturated rings. The number of nitriles is 1. The predicted molar refractivity (Wildman–Crippen MR) is 30.4 cm³/mol. The van der Waals surface area contributed by atoms with E-state index in [0.29, 0.717) is 0 Å². The van der Waals surface area contributed by atoms with E-state index in [-0.39, 0.29) is 0 Å². The zero-order valence-corrected chi connectivity index (χ0v) is 5.03. The molecule has 0 aliphatic rings. The fourth-order valence-corrected chi connectivity index (χ4v) is 0.294. The maximum absolute atomic E-state index is 10.0. The number of hydrogen-bond acceptors (Lipinski definition) is 3. The quantitative estimate of drug-likeness (QED) is 0.527. The number of carboxylic acid groups (broad SMARTS) is 1. The summed E-state index contributed by atoms with van der Waals surface area (Å²) in [4.78, 5) is 10.0. The fraction of sp³-hybridized carbons (Fsp3) is 0.600. The molecular formula is C5H8N2O2. The Bertz CT molecular complexity index is 150. The minimum Gasteiger partial charge on any atom is -0.480 e. The molecule has 0 radical (unpaired) electrons. The maximum Gasteiger partial charge on any atom is 0.321 e. The number of aliphatic carboxylic acids is 1. The molecule has 4 heteroatoms. The number of rotatable bonds is 2. The van der Waals surface area contributed by atoms with Gasteiger partial charge in [0.25, 0.3) is 0 Å². The van der Waals surface area contributed by atoms with Crippen molar-refractivity contribution in [1.82, 2.24) is 0 Å². The summed E-state index contributed by atoms with van der Waals surface area (Å²) in [5.41, 5.74) is 5.05. The first-order valence-corrected chi connectivity index (χ1v) is 2.47. The van der Waals surface area contributed by atoms with Gasteiger partial charge in [-0.05, 0) is 6.92 Å². The molecule has 0 aromatic heterocycles. The minimum atomic E-state index is -1.14. The van der Waals surface area contributed by atoms with Crippen molar-refractivity contribution in [2.24, 2.45) is 11.7 Å². The summed E-state index contributed by atoms with van der Waals surface area (Å²) < 4.78 is 0. The molecule has 0 aromatic rings. The van der Waals surface area contributed by atoms with Gasteiger partial charge in [0.1, 0.15) is 6.04 Å². The molecule has 0 rings (SSSR count). The molecule has 0 bridgehead atoms. The Morgan fingerprint density at radius 3 is 2.44 bits per heavy atom.